The van der Waals surface area contributed by atoms with Gasteiger partial charge in [0, 0.05) is 0 Å². The third kappa shape index (κ3) is 4.60. The van der Waals surface area contributed by atoms with E-state index in [1.54, 1.807) is 12.1 Å². The largest absolute Gasteiger partial charge is 0.494 e. The molecule has 0 saturated carbocycles. The van der Waals surface area contributed by atoms with E-state index in [1.807, 2.05) is 18.2 Å². The minimum atomic E-state index is -0.301. The van der Waals surface area contributed by atoms with Crippen LogP contribution in [0.25, 0.3) is 0 Å². The van der Waals surface area contributed by atoms with Gasteiger partial charge in [-0.2, -0.15) is 5.26 Å². The standard InChI is InChI=1S/C19H20FNO/c1-2-15-6-3-10-19(12-15)22-11-5-8-17(14-21)16-7-4-9-18(20)13-16/h3-4,6-7,9-10,12-13,17H,2,5,8,11H2,1H3. The molecule has 2 rings (SSSR count). The number of aryl methyl sites for hydroxylation is 1. The highest BCUT2D eigenvalue weighted by atomic mass is 19.1. The summed E-state index contributed by atoms with van der Waals surface area (Å²) in [5, 5.41) is 9.24. The van der Waals surface area contributed by atoms with E-state index in [2.05, 4.69) is 19.1 Å². The first-order valence-electron chi connectivity index (χ1n) is 7.59. The number of hydrogen-bond donors (Lipinski definition) is 0. The maximum Gasteiger partial charge on any atom is 0.123 e. The van der Waals surface area contributed by atoms with Crippen molar-refractivity contribution in [1.29, 1.82) is 5.26 Å². The average Bonchev–Trinajstić information content (AvgIpc) is 2.55. The molecule has 0 aliphatic heterocycles. The highest BCUT2D eigenvalue weighted by Gasteiger charge is 2.11. The van der Waals surface area contributed by atoms with Gasteiger partial charge in [-0.25, -0.2) is 4.39 Å². The van der Waals surface area contributed by atoms with Crippen LogP contribution in [0, 0.1) is 17.1 Å². The highest BCUT2D eigenvalue weighted by Crippen LogP contribution is 2.22. The first-order chi connectivity index (χ1) is 10.7. The summed E-state index contributed by atoms with van der Waals surface area (Å²) in [5.74, 6) is 0.269. The molecule has 2 nitrogen and oxygen atoms in total. The zero-order chi connectivity index (χ0) is 15.8. The van der Waals surface area contributed by atoms with Gasteiger partial charge in [0.05, 0.1) is 18.6 Å². The Labute approximate surface area is 131 Å². The van der Waals surface area contributed by atoms with Crippen molar-refractivity contribution in [2.24, 2.45) is 0 Å². The van der Waals surface area contributed by atoms with Gasteiger partial charge in [0.25, 0.3) is 0 Å². The van der Waals surface area contributed by atoms with E-state index in [-0.39, 0.29) is 11.7 Å². The fraction of sp³-hybridized carbons (Fsp3) is 0.316. The Morgan fingerprint density at radius 2 is 2.00 bits per heavy atom. The third-order valence-electron chi connectivity index (χ3n) is 3.62. The van der Waals surface area contributed by atoms with Gasteiger partial charge in [-0.15, -0.1) is 0 Å². The van der Waals surface area contributed by atoms with Crippen LogP contribution in [0.15, 0.2) is 48.5 Å². The maximum atomic E-state index is 13.2. The van der Waals surface area contributed by atoms with Gasteiger partial charge in [-0.05, 0) is 54.7 Å². The molecule has 0 radical (unpaired) electrons. The zero-order valence-corrected chi connectivity index (χ0v) is 12.8. The lowest BCUT2D eigenvalue weighted by Crippen LogP contribution is -2.02. The lowest BCUT2D eigenvalue weighted by atomic mass is 9.96. The molecule has 0 fully saturated rings. The van der Waals surface area contributed by atoms with Gasteiger partial charge >= 0.3 is 0 Å². The Bertz CT molecular complexity index is 648. The Balaban J connectivity index is 1.83. The lowest BCUT2D eigenvalue weighted by molar-refractivity contribution is 0.304. The molecule has 0 aliphatic carbocycles. The third-order valence-corrected chi connectivity index (χ3v) is 3.62. The predicted octanol–water partition coefficient (Wildman–Crippen LogP) is 4.85. The molecular formula is C19H20FNO. The SMILES string of the molecule is CCc1cccc(OCCCC(C#N)c2cccc(F)c2)c1. The molecule has 1 atom stereocenters. The monoisotopic (exact) mass is 297 g/mol. The smallest absolute Gasteiger partial charge is 0.123 e. The van der Waals surface area contributed by atoms with Crippen LogP contribution in [0.1, 0.15) is 36.8 Å². The Morgan fingerprint density at radius 1 is 1.18 bits per heavy atom. The molecule has 1 unspecified atom stereocenters. The molecule has 2 aromatic rings. The number of nitrogens with zero attached hydrogens (tertiary/aromatic N) is 1. The minimum absolute atomic E-state index is 0.290. The van der Waals surface area contributed by atoms with Crippen molar-refractivity contribution in [2.75, 3.05) is 6.61 Å². The molecular weight excluding hydrogens is 277 g/mol. The molecule has 3 heteroatoms. The van der Waals surface area contributed by atoms with Crippen molar-refractivity contribution < 1.29 is 9.13 Å². The average molecular weight is 297 g/mol. The molecule has 0 bridgehead atoms. The van der Waals surface area contributed by atoms with E-state index in [4.69, 9.17) is 4.74 Å². The van der Waals surface area contributed by atoms with Crippen LogP contribution < -0.4 is 4.74 Å². The van der Waals surface area contributed by atoms with Crippen molar-refractivity contribution >= 4 is 0 Å². The number of halogens is 1. The number of rotatable bonds is 7. The van der Waals surface area contributed by atoms with E-state index < -0.39 is 0 Å². The van der Waals surface area contributed by atoms with Gasteiger partial charge in [0.15, 0.2) is 0 Å². The van der Waals surface area contributed by atoms with Gasteiger partial charge in [0.1, 0.15) is 11.6 Å². The van der Waals surface area contributed by atoms with Crippen LogP contribution >= 0.6 is 0 Å². The van der Waals surface area contributed by atoms with Crippen LogP contribution in [0.5, 0.6) is 5.75 Å². The lowest BCUT2D eigenvalue weighted by Gasteiger charge is -2.11. The van der Waals surface area contributed by atoms with Gasteiger partial charge in [-0.3, -0.25) is 0 Å². The first-order valence-corrected chi connectivity index (χ1v) is 7.59. The summed E-state index contributed by atoms with van der Waals surface area (Å²) < 4.78 is 18.9. The van der Waals surface area contributed by atoms with E-state index >= 15 is 0 Å². The molecule has 22 heavy (non-hydrogen) atoms. The fourth-order valence-electron chi connectivity index (χ4n) is 2.36. The molecule has 0 aromatic heterocycles. The zero-order valence-electron chi connectivity index (χ0n) is 12.8. The summed E-state index contributed by atoms with van der Waals surface area (Å²) in [6.07, 6.45) is 2.39. The normalized spacial score (nSPS) is 11.7. The summed E-state index contributed by atoms with van der Waals surface area (Å²) in [6, 6.07) is 16.5. The molecule has 0 N–H and O–H groups in total. The second kappa shape index (κ2) is 8.19. The summed E-state index contributed by atoms with van der Waals surface area (Å²) in [6.45, 7) is 2.66. The number of ether oxygens (including phenoxy) is 1. The van der Waals surface area contributed by atoms with Crippen LogP contribution in [0.2, 0.25) is 0 Å². The summed E-state index contributed by atoms with van der Waals surface area (Å²) in [4.78, 5) is 0. The maximum absolute atomic E-state index is 13.2. The van der Waals surface area contributed by atoms with Crippen LogP contribution in [-0.4, -0.2) is 6.61 Å². The van der Waals surface area contributed by atoms with Crippen LogP contribution in [0.3, 0.4) is 0 Å². The minimum Gasteiger partial charge on any atom is -0.494 e. The van der Waals surface area contributed by atoms with Gasteiger partial charge in [0.2, 0.25) is 0 Å². The Hall–Kier alpha value is -2.34. The summed E-state index contributed by atoms with van der Waals surface area (Å²) in [5.41, 5.74) is 1.97. The molecule has 0 spiro atoms. The molecule has 0 heterocycles. The van der Waals surface area contributed by atoms with Gasteiger partial charge < -0.3 is 4.74 Å². The van der Waals surface area contributed by atoms with E-state index in [1.165, 1.54) is 17.7 Å². The number of benzene rings is 2. The molecule has 114 valence electrons. The summed E-state index contributed by atoms with van der Waals surface area (Å²) >= 11 is 0. The summed E-state index contributed by atoms with van der Waals surface area (Å²) in [7, 11) is 0. The van der Waals surface area contributed by atoms with Gasteiger partial charge in [-0.1, -0.05) is 31.2 Å². The van der Waals surface area contributed by atoms with E-state index in [0.29, 0.717) is 13.0 Å². The van der Waals surface area contributed by atoms with Crippen molar-refractivity contribution in [2.45, 2.75) is 32.1 Å². The second-order valence-corrected chi connectivity index (χ2v) is 5.23. The number of nitriles is 1. The fourth-order valence-corrected chi connectivity index (χ4v) is 2.36. The van der Waals surface area contributed by atoms with Crippen molar-refractivity contribution in [3.05, 3.63) is 65.5 Å². The Kier molecular flexibility index (Phi) is 5.97. The Morgan fingerprint density at radius 3 is 2.73 bits per heavy atom. The van der Waals surface area contributed by atoms with Crippen molar-refractivity contribution in [1.82, 2.24) is 0 Å². The molecule has 0 aliphatic rings. The topological polar surface area (TPSA) is 33.0 Å². The van der Waals surface area contributed by atoms with Crippen LogP contribution in [-0.2, 0) is 6.42 Å². The molecule has 0 saturated heterocycles. The quantitative estimate of drug-likeness (QED) is 0.684. The van der Waals surface area contributed by atoms with Crippen molar-refractivity contribution in [3.8, 4) is 11.8 Å². The van der Waals surface area contributed by atoms with E-state index in [0.717, 1.165) is 24.2 Å². The van der Waals surface area contributed by atoms with Crippen LogP contribution in [0.4, 0.5) is 4.39 Å². The molecule has 2 aromatic carbocycles. The first kappa shape index (κ1) is 16.0. The molecule has 0 amide bonds. The highest BCUT2D eigenvalue weighted by molar-refractivity contribution is 5.28. The second-order valence-electron chi connectivity index (χ2n) is 5.23. The van der Waals surface area contributed by atoms with E-state index in [9.17, 15) is 9.65 Å². The number of hydrogen-bond acceptors (Lipinski definition) is 2. The predicted molar refractivity (Wildman–Crippen MR) is 85.3 cm³/mol. The van der Waals surface area contributed by atoms with Crippen molar-refractivity contribution in [3.63, 3.8) is 0 Å².